The predicted octanol–water partition coefficient (Wildman–Crippen LogP) is 4.54. The van der Waals surface area contributed by atoms with Gasteiger partial charge in [0.05, 0.1) is 0 Å². The van der Waals surface area contributed by atoms with Crippen LogP contribution in [-0.4, -0.2) is 11.7 Å². The number of hydrogen-bond acceptors (Lipinski definition) is 1. The normalized spacial score (nSPS) is 22.1. The minimum Gasteiger partial charge on any atom is -0.362 e. The highest BCUT2D eigenvalue weighted by atomic mass is 32.1. The Bertz CT molecular complexity index is 778. The van der Waals surface area contributed by atoms with Crippen molar-refractivity contribution in [2.75, 3.05) is 11.9 Å². The Hall–Kier alpha value is -2.01. The Labute approximate surface area is 146 Å². The number of nitrogens with one attached hydrogen (secondary N) is 2. The molecule has 1 aliphatic carbocycles. The Morgan fingerprint density at radius 1 is 1.25 bits per heavy atom. The van der Waals surface area contributed by atoms with Gasteiger partial charge in [0.1, 0.15) is 11.6 Å². The summed E-state index contributed by atoms with van der Waals surface area (Å²) in [6, 6.07) is 11.7. The lowest BCUT2D eigenvalue weighted by Gasteiger charge is -2.21. The largest absolute Gasteiger partial charge is 0.362 e. The smallest absolute Gasteiger partial charge is 0.170 e. The van der Waals surface area contributed by atoms with Crippen LogP contribution in [0.3, 0.4) is 0 Å². The monoisotopic (exact) mass is 346 g/mol. The molecule has 3 rings (SSSR count). The van der Waals surface area contributed by atoms with Crippen molar-refractivity contribution < 1.29 is 8.78 Å². The average Bonchev–Trinajstić information content (AvgIpc) is 3.18. The highest BCUT2D eigenvalue weighted by molar-refractivity contribution is 7.80. The molecule has 1 saturated carbocycles. The molecule has 0 bridgehead atoms. The van der Waals surface area contributed by atoms with Crippen molar-refractivity contribution in [2.45, 2.75) is 25.7 Å². The summed E-state index contributed by atoms with van der Waals surface area (Å²) < 4.78 is 27.3. The molecule has 1 fully saturated rings. The molecule has 1 aliphatic rings. The summed E-state index contributed by atoms with van der Waals surface area (Å²) in [5.41, 5.74) is 2.28. The highest BCUT2D eigenvalue weighted by Crippen LogP contribution is 2.54. The predicted molar refractivity (Wildman–Crippen MR) is 97.2 cm³/mol. The van der Waals surface area contributed by atoms with E-state index in [0.717, 1.165) is 23.7 Å². The topological polar surface area (TPSA) is 24.1 Å². The molecule has 5 heteroatoms. The molecule has 0 spiro atoms. The number of aryl methyl sites for hydroxylation is 1. The van der Waals surface area contributed by atoms with Crippen molar-refractivity contribution >= 4 is 23.0 Å². The van der Waals surface area contributed by atoms with Gasteiger partial charge in [0.2, 0.25) is 0 Å². The van der Waals surface area contributed by atoms with Crippen molar-refractivity contribution in [3.8, 4) is 0 Å². The van der Waals surface area contributed by atoms with Crippen molar-refractivity contribution in [3.05, 3.63) is 65.2 Å². The van der Waals surface area contributed by atoms with E-state index in [1.165, 1.54) is 6.07 Å². The van der Waals surface area contributed by atoms with E-state index < -0.39 is 11.6 Å². The molecule has 2 aromatic carbocycles. The van der Waals surface area contributed by atoms with Crippen LogP contribution in [0.5, 0.6) is 0 Å². The van der Waals surface area contributed by atoms with Gasteiger partial charge in [-0.25, -0.2) is 8.78 Å². The molecular weight excluding hydrogens is 326 g/mol. The second-order valence-electron chi connectivity index (χ2n) is 6.51. The summed E-state index contributed by atoms with van der Waals surface area (Å²) in [6.45, 7) is 4.60. The van der Waals surface area contributed by atoms with E-state index in [1.807, 2.05) is 31.2 Å². The van der Waals surface area contributed by atoms with E-state index in [9.17, 15) is 8.78 Å². The molecule has 0 radical (unpaired) electrons. The van der Waals surface area contributed by atoms with Crippen LogP contribution >= 0.6 is 12.2 Å². The summed E-state index contributed by atoms with van der Waals surface area (Å²) in [7, 11) is 0. The van der Waals surface area contributed by atoms with Crippen LogP contribution < -0.4 is 10.6 Å². The Morgan fingerprint density at radius 3 is 2.58 bits per heavy atom. The Balaban J connectivity index is 1.68. The highest BCUT2D eigenvalue weighted by Gasteiger charge is 2.53. The number of thiocarbonyl (C=S) groups is 1. The fourth-order valence-electron chi connectivity index (χ4n) is 3.22. The molecule has 0 aliphatic heterocycles. The third-order valence-electron chi connectivity index (χ3n) is 4.88. The number of anilines is 1. The maximum Gasteiger partial charge on any atom is 0.170 e. The van der Waals surface area contributed by atoms with E-state index in [-0.39, 0.29) is 5.41 Å². The van der Waals surface area contributed by atoms with Gasteiger partial charge in [-0.05, 0) is 54.7 Å². The third kappa shape index (κ3) is 3.26. The van der Waals surface area contributed by atoms with Crippen molar-refractivity contribution in [3.63, 3.8) is 0 Å². The molecule has 0 aromatic heterocycles. The van der Waals surface area contributed by atoms with Gasteiger partial charge in [0.15, 0.2) is 5.11 Å². The summed E-state index contributed by atoms with van der Waals surface area (Å²) in [5.74, 6) is -0.713. The fraction of sp³-hybridized carbons (Fsp3) is 0.316. The lowest BCUT2D eigenvalue weighted by molar-refractivity contribution is 0.527. The molecule has 0 heterocycles. The zero-order valence-corrected chi connectivity index (χ0v) is 14.5. The lowest BCUT2D eigenvalue weighted by atomic mass is 9.93. The van der Waals surface area contributed by atoms with Gasteiger partial charge in [-0.1, -0.05) is 31.2 Å². The molecule has 2 N–H and O–H groups in total. The lowest BCUT2D eigenvalue weighted by Crippen LogP contribution is -2.36. The van der Waals surface area contributed by atoms with Crippen LogP contribution in [0.4, 0.5) is 14.5 Å². The number of benzene rings is 2. The second-order valence-corrected chi connectivity index (χ2v) is 6.92. The van der Waals surface area contributed by atoms with Crippen LogP contribution in [0.15, 0.2) is 42.5 Å². The number of hydrogen-bond donors (Lipinski definition) is 2. The maximum atomic E-state index is 14.2. The van der Waals surface area contributed by atoms with Crippen LogP contribution in [0.1, 0.15) is 24.5 Å². The number of halogens is 2. The first-order chi connectivity index (χ1) is 11.4. The van der Waals surface area contributed by atoms with Gasteiger partial charge in [-0.2, -0.15) is 0 Å². The molecule has 0 saturated heterocycles. The minimum absolute atomic E-state index is 0.324. The van der Waals surface area contributed by atoms with Crippen LogP contribution in [0.2, 0.25) is 0 Å². The minimum atomic E-state index is -0.551. The Kier molecular flexibility index (Phi) is 4.54. The fourth-order valence-corrected chi connectivity index (χ4v) is 3.40. The molecule has 2 nitrogen and oxygen atoms in total. The van der Waals surface area contributed by atoms with Crippen LogP contribution in [-0.2, 0) is 5.41 Å². The van der Waals surface area contributed by atoms with Gasteiger partial charge in [0.25, 0.3) is 0 Å². The van der Waals surface area contributed by atoms with E-state index in [0.29, 0.717) is 23.1 Å². The summed E-state index contributed by atoms with van der Waals surface area (Å²) in [6.07, 6.45) is 0.857. The summed E-state index contributed by atoms with van der Waals surface area (Å²) in [5, 5.41) is 6.86. The summed E-state index contributed by atoms with van der Waals surface area (Å²) in [4.78, 5) is 0. The molecule has 2 aromatic rings. The second kappa shape index (κ2) is 6.48. The van der Waals surface area contributed by atoms with Crippen LogP contribution in [0, 0.1) is 24.5 Å². The van der Waals surface area contributed by atoms with Gasteiger partial charge < -0.3 is 10.6 Å². The summed E-state index contributed by atoms with van der Waals surface area (Å²) >= 11 is 5.36. The maximum absolute atomic E-state index is 14.2. The number of para-hydroxylation sites is 1. The average molecular weight is 346 g/mol. The first kappa shape index (κ1) is 16.8. The Morgan fingerprint density at radius 2 is 1.96 bits per heavy atom. The van der Waals surface area contributed by atoms with Gasteiger partial charge in [-0.15, -0.1) is 0 Å². The molecule has 24 heavy (non-hydrogen) atoms. The van der Waals surface area contributed by atoms with Gasteiger partial charge >= 0.3 is 0 Å². The molecule has 2 unspecified atom stereocenters. The number of rotatable bonds is 4. The standard InChI is InChI=1S/C19H20F2N2S/c1-12-5-3-4-6-17(12)23-18(24)22-11-19(10-13(19)2)15-8-7-14(20)9-16(15)21/h3-9,13H,10-11H2,1-2H3,(H2,22,23,24). The quantitative estimate of drug-likeness (QED) is 0.795. The third-order valence-corrected chi connectivity index (χ3v) is 5.13. The SMILES string of the molecule is Cc1ccccc1NC(=S)NCC1(c2ccc(F)cc2F)CC1C. The van der Waals surface area contributed by atoms with Gasteiger partial charge in [-0.3, -0.25) is 0 Å². The van der Waals surface area contributed by atoms with Gasteiger partial charge in [0, 0.05) is 23.7 Å². The molecule has 126 valence electrons. The van der Waals surface area contributed by atoms with E-state index in [1.54, 1.807) is 6.07 Å². The molecule has 2 atom stereocenters. The zero-order valence-electron chi connectivity index (χ0n) is 13.7. The van der Waals surface area contributed by atoms with E-state index in [4.69, 9.17) is 12.2 Å². The molecule has 0 amide bonds. The van der Waals surface area contributed by atoms with E-state index >= 15 is 0 Å². The zero-order chi connectivity index (χ0) is 17.3. The van der Waals surface area contributed by atoms with Crippen molar-refractivity contribution in [1.82, 2.24) is 5.32 Å². The van der Waals surface area contributed by atoms with Crippen molar-refractivity contribution in [2.24, 2.45) is 5.92 Å². The first-order valence-electron chi connectivity index (χ1n) is 7.98. The first-order valence-corrected chi connectivity index (χ1v) is 8.39. The van der Waals surface area contributed by atoms with Crippen LogP contribution in [0.25, 0.3) is 0 Å². The van der Waals surface area contributed by atoms with Crippen molar-refractivity contribution in [1.29, 1.82) is 0 Å². The molecular formula is C19H20F2N2S. The van der Waals surface area contributed by atoms with E-state index in [2.05, 4.69) is 17.6 Å².